The van der Waals surface area contributed by atoms with Crippen LogP contribution < -0.4 is 0 Å². The maximum atomic E-state index is 5.47. The van der Waals surface area contributed by atoms with Crippen LogP contribution >= 0.6 is 0 Å². The summed E-state index contributed by atoms with van der Waals surface area (Å²) in [6, 6.07) is 22.6. The average Bonchev–Trinajstić information content (AvgIpc) is 2.63. The first-order chi connectivity index (χ1) is 11.9. The molecule has 4 rings (SSSR count). The predicted octanol–water partition coefficient (Wildman–Crippen LogP) is 2.83. The van der Waals surface area contributed by atoms with E-state index < -0.39 is 0 Å². The molecule has 2 fully saturated rings. The number of benzene rings is 2. The molecule has 2 saturated heterocycles. The van der Waals surface area contributed by atoms with Gasteiger partial charge in [-0.2, -0.15) is 0 Å². The highest BCUT2D eigenvalue weighted by molar-refractivity contribution is 5.33. The molecule has 126 valence electrons. The molecule has 2 heterocycles. The fourth-order valence-electron chi connectivity index (χ4n) is 3.90. The summed E-state index contributed by atoms with van der Waals surface area (Å²) in [5.74, 6) is 0.457. The van der Waals surface area contributed by atoms with Gasteiger partial charge in [-0.25, -0.2) is 0 Å². The van der Waals surface area contributed by atoms with E-state index in [1.54, 1.807) is 0 Å². The molecule has 0 aromatic heterocycles. The van der Waals surface area contributed by atoms with E-state index in [1.165, 1.54) is 24.2 Å². The zero-order chi connectivity index (χ0) is 16.2. The van der Waals surface area contributed by atoms with Gasteiger partial charge in [0.2, 0.25) is 0 Å². The number of morpholine rings is 1. The summed E-state index contributed by atoms with van der Waals surface area (Å²) in [7, 11) is 0. The summed E-state index contributed by atoms with van der Waals surface area (Å²) < 4.78 is 5.47. The third kappa shape index (κ3) is 3.54. The van der Waals surface area contributed by atoms with Crippen molar-refractivity contribution in [1.29, 1.82) is 0 Å². The van der Waals surface area contributed by atoms with Crippen LogP contribution in [-0.2, 0) is 4.74 Å². The molecule has 0 radical (unpaired) electrons. The van der Waals surface area contributed by atoms with Gasteiger partial charge in [-0.1, -0.05) is 60.7 Å². The predicted molar refractivity (Wildman–Crippen MR) is 97.3 cm³/mol. The lowest BCUT2D eigenvalue weighted by atomic mass is 9.89. The second-order valence-electron chi connectivity index (χ2n) is 6.89. The average molecular weight is 322 g/mol. The van der Waals surface area contributed by atoms with Crippen LogP contribution in [0.15, 0.2) is 60.7 Å². The molecule has 0 amide bonds. The summed E-state index contributed by atoms with van der Waals surface area (Å²) in [5, 5.41) is 0. The zero-order valence-corrected chi connectivity index (χ0v) is 14.2. The third-order valence-corrected chi connectivity index (χ3v) is 5.34. The number of rotatable bonds is 5. The number of likely N-dealkylation sites (tertiary alicyclic amines) is 1. The minimum Gasteiger partial charge on any atom is -0.379 e. The van der Waals surface area contributed by atoms with Crippen molar-refractivity contribution in [3.8, 4) is 0 Å². The largest absolute Gasteiger partial charge is 0.379 e. The highest BCUT2D eigenvalue weighted by Crippen LogP contribution is 2.28. The van der Waals surface area contributed by atoms with E-state index in [0.717, 1.165) is 38.9 Å². The van der Waals surface area contributed by atoms with Gasteiger partial charge in [0.25, 0.3) is 0 Å². The minimum atomic E-state index is 0.457. The van der Waals surface area contributed by atoms with Gasteiger partial charge in [0.1, 0.15) is 0 Å². The number of nitrogens with zero attached hydrogens (tertiary/aromatic N) is 2. The van der Waals surface area contributed by atoms with Crippen molar-refractivity contribution in [2.24, 2.45) is 0 Å². The molecule has 0 saturated carbocycles. The Hall–Kier alpha value is -1.68. The molecule has 0 spiro atoms. The lowest BCUT2D eigenvalue weighted by Crippen LogP contribution is -2.61. The smallest absolute Gasteiger partial charge is 0.0594 e. The molecule has 2 aromatic rings. The topological polar surface area (TPSA) is 15.7 Å². The van der Waals surface area contributed by atoms with E-state index in [0.29, 0.717) is 5.92 Å². The van der Waals surface area contributed by atoms with Gasteiger partial charge in [-0.3, -0.25) is 9.80 Å². The van der Waals surface area contributed by atoms with Crippen LogP contribution in [0.5, 0.6) is 0 Å². The number of ether oxygens (including phenoxy) is 1. The van der Waals surface area contributed by atoms with Crippen LogP contribution in [-0.4, -0.2) is 61.8 Å². The number of hydrogen-bond donors (Lipinski definition) is 0. The molecule has 0 atom stereocenters. The highest BCUT2D eigenvalue weighted by atomic mass is 16.5. The van der Waals surface area contributed by atoms with Crippen molar-refractivity contribution in [2.45, 2.75) is 12.0 Å². The second-order valence-corrected chi connectivity index (χ2v) is 6.89. The van der Waals surface area contributed by atoms with Gasteiger partial charge in [0, 0.05) is 44.7 Å². The molecule has 0 aliphatic carbocycles. The van der Waals surface area contributed by atoms with Crippen molar-refractivity contribution in [3.63, 3.8) is 0 Å². The van der Waals surface area contributed by atoms with E-state index in [-0.39, 0.29) is 0 Å². The summed E-state index contributed by atoms with van der Waals surface area (Å²) in [6.07, 6.45) is 0. The lowest BCUT2D eigenvalue weighted by Gasteiger charge is -2.47. The van der Waals surface area contributed by atoms with Crippen molar-refractivity contribution in [3.05, 3.63) is 71.8 Å². The van der Waals surface area contributed by atoms with Gasteiger partial charge < -0.3 is 4.74 Å². The Bertz CT molecular complexity index is 579. The Morgan fingerprint density at radius 3 is 1.92 bits per heavy atom. The molecule has 0 bridgehead atoms. The normalized spacial score (nSPS) is 20.2. The molecule has 0 unspecified atom stereocenters. The van der Waals surface area contributed by atoms with E-state index in [4.69, 9.17) is 4.74 Å². The van der Waals surface area contributed by atoms with Crippen molar-refractivity contribution >= 4 is 0 Å². The van der Waals surface area contributed by atoms with Crippen LogP contribution in [0, 0.1) is 0 Å². The van der Waals surface area contributed by atoms with Crippen LogP contribution in [0.3, 0.4) is 0 Å². The minimum absolute atomic E-state index is 0.457. The van der Waals surface area contributed by atoms with Gasteiger partial charge in [0.05, 0.1) is 13.2 Å². The Morgan fingerprint density at radius 1 is 0.833 bits per heavy atom. The molecule has 2 aliphatic heterocycles. The molecule has 24 heavy (non-hydrogen) atoms. The number of hydrogen-bond acceptors (Lipinski definition) is 3. The first kappa shape index (κ1) is 15.8. The Morgan fingerprint density at radius 2 is 1.38 bits per heavy atom. The molecule has 0 N–H and O–H groups in total. The molecular formula is C21H26N2O. The maximum Gasteiger partial charge on any atom is 0.0594 e. The van der Waals surface area contributed by atoms with E-state index in [9.17, 15) is 0 Å². The Kier molecular flexibility index (Phi) is 4.93. The quantitative estimate of drug-likeness (QED) is 0.842. The first-order valence-electron chi connectivity index (χ1n) is 9.04. The van der Waals surface area contributed by atoms with E-state index in [2.05, 4.69) is 70.5 Å². The summed E-state index contributed by atoms with van der Waals surface area (Å²) >= 11 is 0. The van der Waals surface area contributed by atoms with Gasteiger partial charge in [0.15, 0.2) is 0 Å². The van der Waals surface area contributed by atoms with Crippen molar-refractivity contribution in [1.82, 2.24) is 9.80 Å². The molecule has 3 nitrogen and oxygen atoms in total. The van der Waals surface area contributed by atoms with E-state index in [1.807, 2.05) is 0 Å². The molecule has 2 aliphatic rings. The van der Waals surface area contributed by atoms with Crippen LogP contribution in [0.4, 0.5) is 0 Å². The second kappa shape index (κ2) is 7.47. The molecule has 3 heteroatoms. The van der Waals surface area contributed by atoms with Gasteiger partial charge in [-0.15, -0.1) is 0 Å². The van der Waals surface area contributed by atoms with Crippen molar-refractivity contribution < 1.29 is 4.74 Å². The summed E-state index contributed by atoms with van der Waals surface area (Å²) in [6.45, 7) is 7.47. The van der Waals surface area contributed by atoms with E-state index >= 15 is 0 Å². The van der Waals surface area contributed by atoms with Crippen LogP contribution in [0.1, 0.15) is 17.0 Å². The third-order valence-electron chi connectivity index (χ3n) is 5.34. The summed E-state index contributed by atoms with van der Waals surface area (Å²) in [4.78, 5) is 5.20. The molecular weight excluding hydrogens is 296 g/mol. The fourth-order valence-corrected chi connectivity index (χ4v) is 3.90. The fraction of sp³-hybridized carbons (Fsp3) is 0.429. The maximum absolute atomic E-state index is 5.47. The lowest BCUT2D eigenvalue weighted by molar-refractivity contribution is -0.0326. The van der Waals surface area contributed by atoms with Crippen molar-refractivity contribution in [2.75, 3.05) is 45.9 Å². The monoisotopic (exact) mass is 322 g/mol. The first-order valence-corrected chi connectivity index (χ1v) is 9.04. The van der Waals surface area contributed by atoms with Crippen LogP contribution in [0.25, 0.3) is 0 Å². The summed E-state index contributed by atoms with van der Waals surface area (Å²) in [5.41, 5.74) is 2.83. The van der Waals surface area contributed by atoms with Gasteiger partial charge in [-0.05, 0) is 11.1 Å². The van der Waals surface area contributed by atoms with Crippen LogP contribution in [0.2, 0.25) is 0 Å². The Balaban J connectivity index is 1.42. The standard InChI is InChI=1S/C21H26N2O/c1-3-7-18(8-4-1)21(19-9-5-2-6-10-19)17-22-15-20(16-22)23-11-13-24-14-12-23/h1-10,20-21H,11-17H2. The molecule has 2 aromatic carbocycles. The Labute approximate surface area is 144 Å². The highest BCUT2D eigenvalue weighted by Gasteiger charge is 2.33. The van der Waals surface area contributed by atoms with Gasteiger partial charge >= 0.3 is 0 Å². The SMILES string of the molecule is c1ccc(C(CN2CC(N3CCOCC3)C2)c2ccccc2)cc1. The zero-order valence-electron chi connectivity index (χ0n) is 14.2.